The monoisotopic (exact) mass is 219 g/mol. The maximum Gasteiger partial charge on any atom is 0.352 e. The highest BCUT2D eigenvalue weighted by atomic mass is 16.4. The van der Waals surface area contributed by atoms with Gasteiger partial charge in [0, 0.05) is 18.0 Å². The molecular weight excluding hydrogens is 210 g/mol. The number of H-pyrrole nitrogens is 1. The molecule has 2 aromatic heterocycles. The third-order valence-electron chi connectivity index (χ3n) is 2.15. The Morgan fingerprint density at radius 1 is 1.50 bits per heavy atom. The summed E-state index contributed by atoms with van der Waals surface area (Å²) < 4.78 is 0. The molecule has 0 bridgehead atoms. The fraction of sp³-hybridized carbons (Fsp3) is 0.100. The maximum absolute atomic E-state index is 10.7. The summed E-state index contributed by atoms with van der Waals surface area (Å²) in [6.07, 6.45) is 3.00. The molecule has 0 spiro atoms. The highest BCUT2D eigenvalue weighted by molar-refractivity contribution is 5.87. The van der Waals surface area contributed by atoms with Gasteiger partial charge in [-0.3, -0.25) is 0 Å². The second kappa shape index (κ2) is 3.65. The first kappa shape index (κ1) is 10.2. The van der Waals surface area contributed by atoms with Crippen LogP contribution in [-0.2, 0) is 0 Å². The molecule has 3 N–H and O–H groups in total. The standard InChI is InChI=1S/C10H9N3O3/c1-5-3-12-10(16)13-8(5)6-2-7(9(14)15)11-4-6/h2-4,11H,1H3,(H,14,15)(H,12,13,16). The van der Waals surface area contributed by atoms with Gasteiger partial charge in [-0.1, -0.05) is 0 Å². The number of aromatic hydroxyl groups is 1. The number of carboxylic acid groups (broad SMARTS) is 1. The minimum Gasteiger partial charge on any atom is -0.479 e. The third-order valence-corrected chi connectivity index (χ3v) is 2.15. The van der Waals surface area contributed by atoms with Gasteiger partial charge in [0.15, 0.2) is 0 Å². The van der Waals surface area contributed by atoms with Crippen LogP contribution in [0.1, 0.15) is 16.1 Å². The number of rotatable bonds is 2. The van der Waals surface area contributed by atoms with Crippen molar-refractivity contribution in [3.05, 3.63) is 29.7 Å². The summed E-state index contributed by atoms with van der Waals surface area (Å²) in [5, 5.41) is 17.9. The van der Waals surface area contributed by atoms with Crippen LogP contribution in [-0.4, -0.2) is 31.1 Å². The van der Waals surface area contributed by atoms with Crippen LogP contribution < -0.4 is 0 Å². The van der Waals surface area contributed by atoms with Gasteiger partial charge in [0.25, 0.3) is 0 Å². The minimum absolute atomic E-state index is 0.0764. The molecule has 0 aliphatic carbocycles. The van der Waals surface area contributed by atoms with Crippen molar-refractivity contribution in [2.75, 3.05) is 0 Å². The van der Waals surface area contributed by atoms with E-state index in [-0.39, 0.29) is 11.7 Å². The second-order valence-corrected chi connectivity index (χ2v) is 3.31. The first-order chi connectivity index (χ1) is 7.58. The first-order valence-corrected chi connectivity index (χ1v) is 4.52. The quantitative estimate of drug-likeness (QED) is 0.704. The smallest absolute Gasteiger partial charge is 0.352 e. The Morgan fingerprint density at radius 3 is 2.88 bits per heavy atom. The lowest BCUT2D eigenvalue weighted by molar-refractivity contribution is 0.0691. The molecular formula is C10H9N3O3. The van der Waals surface area contributed by atoms with E-state index in [9.17, 15) is 4.79 Å². The van der Waals surface area contributed by atoms with E-state index in [1.165, 1.54) is 18.5 Å². The van der Waals surface area contributed by atoms with Crippen molar-refractivity contribution < 1.29 is 15.0 Å². The van der Waals surface area contributed by atoms with Crippen molar-refractivity contribution in [3.63, 3.8) is 0 Å². The van der Waals surface area contributed by atoms with Crippen LogP contribution in [0.2, 0.25) is 0 Å². The Bertz CT molecular complexity index is 548. The maximum atomic E-state index is 10.7. The molecule has 0 aromatic carbocycles. The molecule has 0 saturated carbocycles. The van der Waals surface area contributed by atoms with Crippen molar-refractivity contribution in [1.82, 2.24) is 15.0 Å². The van der Waals surface area contributed by atoms with Gasteiger partial charge >= 0.3 is 12.0 Å². The Morgan fingerprint density at radius 2 is 2.25 bits per heavy atom. The van der Waals surface area contributed by atoms with Gasteiger partial charge in [-0.15, -0.1) is 0 Å². The lowest BCUT2D eigenvalue weighted by atomic mass is 10.1. The van der Waals surface area contributed by atoms with Gasteiger partial charge in [-0.25, -0.2) is 9.78 Å². The minimum atomic E-state index is -1.04. The zero-order valence-electron chi connectivity index (χ0n) is 8.43. The van der Waals surface area contributed by atoms with E-state index in [0.29, 0.717) is 11.3 Å². The molecule has 0 aliphatic heterocycles. The van der Waals surface area contributed by atoms with E-state index in [4.69, 9.17) is 10.2 Å². The average molecular weight is 219 g/mol. The summed E-state index contributed by atoms with van der Waals surface area (Å²) in [7, 11) is 0. The average Bonchev–Trinajstić information content (AvgIpc) is 2.70. The molecule has 16 heavy (non-hydrogen) atoms. The SMILES string of the molecule is Cc1cnc(O)nc1-c1c[nH]c(C(=O)O)c1. The number of nitrogens with zero attached hydrogens (tertiary/aromatic N) is 2. The van der Waals surface area contributed by atoms with Gasteiger partial charge in [0.1, 0.15) is 5.69 Å². The van der Waals surface area contributed by atoms with Crippen molar-refractivity contribution in [2.45, 2.75) is 6.92 Å². The van der Waals surface area contributed by atoms with Gasteiger partial charge in [0.05, 0.1) is 5.69 Å². The molecule has 82 valence electrons. The number of aromatic amines is 1. The van der Waals surface area contributed by atoms with E-state index in [2.05, 4.69) is 15.0 Å². The Labute approximate surface area is 90.6 Å². The van der Waals surface area contributed by atoms with E-state index >= 15 is 0 Å². The summed E-state index contributed by atoms with van der Waals surface area (Å²) in [5.74, 6) is -1.04. The molecule has 0 aliphatic rings. The van der Waals surface area contributed by atoms with Gasteiger partial charge < -0.3 is 15.2 Å². The summed E-state index contributed by atoms with van der Waals surface area (Å²) >= 11 is 0. The van der Waals surface area contributed by atoms with Crippen LogP contribution >= 0.6 is 0 Å². The summed E-state index contributed by atoms with van der Waals surface area (Å²) in [6, 6.07) is 1.12. The number of carboxylic acids is 1. The molecule has 0 saturated heterocycles. The van der Waals surface area contributed by atoms with Crippen molar-refractivity contribution >= 4 is 5.97 Å². The Balaban J connectivity index is 2.50. The molecule has 0 atom stereocenters. The topological polar surface area (TPSA) is 99.1 Å². The molecule has 6 nitrogen and oxygen atoms in total. The second-order valence-electron chi connectivity index (χ2n) is 3.31. The molecule has 0 amide bonds. The third kappa shape index (κ3) is 1.72. The number of carbonyl (C=O) groups is 1. The van der Waals surface area contributed by atoms with Crippen LogP contribution in [0.25, 0.3) is 11.3 Å². The summed E-state index contributed by atoms with van der Waals surface area (Å²) in [5.41, 5.74) is 1.95. The van der Waals surface area contributed by atoms with E-state index < -0.39 is 5.97 Å². The largest absolute Gasteiger partial charge is 0.479 e. The fourth-order valence-corrected chi connectivity index (χ4v) is 1.38. The Kier molecular flexibility index (Phi) is 2.32. The number of aryl methyl sites for hydroxylation is 1. The van der Waals surface area contributed by atoms with E-state index in [0.717, 1.165) is 5.56 Å². The highest BCUT2D eigenvalue weighted by Crippen LogP contribution is 2.22. The van der Waals surface area contributed by atoms with Crippen molar-refractivity contribution in [2.24, 2.45) is 0 Å². The highest BCUT2D eigenvalue weighted by Gasteiger charge is 2.11. The molecule has 6 heteroatoms. The Hall–Kier alpha value is -2.37. The van der Waals surface area contributed by atoms with Gasteiger partial charge in [-0.2, -0.15) is 4.98 Å². The van der Waals surface area contributed by atoms with Crippen LogP contribution in [0, 0.1) is 6.92 Å². The van der Waals surface area contributed by atoms with Crippen LogP contribution in [0.5, 0.6) is 6.01 Å². The molecule has 0 radical (unpaired) electrons. The van der Waals surface area contributed by atoms with Crippen molar-refractivity contribution in [3.8, 4) is 17.3 Å². The summed E-state index contributed by atoms with van der Waals surface area (Å²) in [6.45, 7) is 1.78. The van der Waals surface area contributed by atoms with Crippen LogP contribution in [0.4, 0.5) is 0 Å². The van der Waals surface area contributed by atoms with Crippen LogP contribution in [0.15, 0.2) is 18.5 Å². The zero-order valence-corrected chi connectivity index (χ0v) is 8.43. The molecule has 0 fully saturated rings. The molecule has 0 unspecified atom stereocenters. The lowest BCUT2D eigenvalue weighted by Gasteiger charge is -2.01. The fourth-order valence-electron chi connectivity index (χ4n) is 1.38. The van der Waals surface area contributed by atoms with Gasteiger partial charge in [-0.05, 0) is 18.6 Å². The molecule has 2 rings (SSSR count). The number of nitrogens with one attached hydrogen (secondary N) is 1. The number of aromatic carboxylic acids is 1. The number of hydrogen-bond donors (Lipinski definition) is 3. The normalized spacial score (nSPS) is 10.3. The van der Waals surface area contributed by atoms with Crippen LogP contribution in [0.3, 0.4) is 0 Å². The van der Waals surface area contributed by atoms with E-state index in [1.54, 1.807) is 6.92 Å². The number of aromatic nitrogens is 3. The summed E-state index contributed by atoms with van der Waals surface area (Å²) in [4.78, 5) is 20.8. The number of hydrogen-bond acceptors (Lipinski definition) is 4. The predicted molar refractivity (Wildman–Crippen MR) is 55.2 cm³/mol. The predicted octanol–water partition coefficient (Wildman–Crippen LogP) is 1.18. The van der Waals surface area contributed by atoms with Gasteiger partial charge in [0.2, 0.25) is 0 Å². The lowest BCUT2D eigenvalue weighted by Crippen LogP contribution is -1.94. The molecule has 2 heterocycles. The zero-order chi connectivity index (χ0) is 11.7. The first-order valence-electron chi connectivity index (χ1n) is 4.52. The van der Waals surface area contributed by atoms with Crippen molar-refractivity contribution in [1.29, 1.82) is 0 Å². The molecule has 2 aromatic rings. The van der Waals surface area contributed by atoms with E-state index in [1.807, 2.05) is 0 Å².